The Kier molecular flexibility index (Phi) is 6.69. The molecular weight excluding hydrogens is 454 g/mol. The maximum Gasteiger partial charge on any atom is 0.341 e. The predicted molar refractivity (Wildman–Crippen MR) is 127 cm³/mol. The number of rotatable bonds is 7. The molecule has 0 bridgehead atoms. The van der Waals surface area contributed by atoms with Gasteiger partial charge in [0.05, 0.1) is 13.7 Å². The molecule has 0 N–H and O–H groups in total. The fourth-order valence-corrected chi connectivity index (χ4v) is 4.47. The Morgan fingerprint density at radius 2 is 1.88 bits per heavy atom. The SMILES string of the molecule is COC(=O)c1cc(CN(C)C(=O)c2ccccc2CSc2nc3nc(C)cc(C)n3n2)oc1C. The second-order valence-corrected chi connectivity index (χ2v) is 8.87. The van der Waals surface area contributed by atoms with Gasteiger partial charge in [-0.25, -0.2) is 14.3 Å². The summed E-state index contributed by atoms with van der Waals surface area (Å²) < 4.78 is 12.1. The molecule has 3 aromatic heterocycles. The lowest BCUT2D eigenvalue weighted by molar-refractivity contribution is 0.0598. The second kappa shape index (κ2) is 9.68. The molecule has 0 aliphatic carbocycles. The standard InChI is InChI=1S/C24H25N5O4S/c1-14-10-15(2)29-23(25-14)26-24(27-29)34-13-17-8-6-7-9-19(17)21(30)28(4)12-18-11-20(16(3)33-18)22(31)32-5/h6-11H,12-13H2,1-5H3. The largest absolute Gasteiger partial charge is 0.465 e. The van der Waals surface area contributed by atoms with Crippen LogP contribution in [0.5, 0.6) is 0 Å². The second-order valence-electron chi connectivity index (χ2n) is 7.93. The van der Waals surface area contributed by atoms with Crippen LogP contribution in [0.25, 0.3) is 5.78 Å². The molecule has 1 aromatic carbocycles. The van der Waals surface area contributed by atoms with Crippen LogP contribution in [-0.2, 0) is 17.0 Å². The van der Waals surface area contributed by atoms with Crippen LogP contribution in [-0.4, -0.2) is 50.5 Å². The van der Waals surface area contributed by atoms with Crippen molar-refractivity contribution in [3.63, 3.8) is 0 Å². The van der Waals surface area contributed by atoms with Gasteiger partial charge in [0.1, 0.15) is 17.1 Å². The molecule has 9 nitrogen and oxygen atoms in total. The van der Waals surface area contributed by atoms with Crippen LogP contribution < -0.4 is 0 Å². The third-order valence-corrected chi connectivity index (χ3v) is 6.20. The van der Waals surface area contributed by atoms with Gasteiger partial charge in [0.25, 0.3) is 11.7 Å². The number of benzene rings is 1. The Balaban J connectivity index is 1.49. The van der Waals surface area contributed by atoms with Crippen LogP contribution in [0, 0.1) is 20.8 Å². The van der Waals surface area contributed by atoms with Crippen molar-refractivity contribution in [2.45, 2.75) is 38.2 Å². The van der Waals surface area contributed by atoms with E-state index in [1.165, 1.54) is 18.9 Å². The van der Waals surface area contributed by atoms with E-state index in [1.54, 1.807) is 35.5 Å². The van der Waals surface area contributed by atoms with Crippen LogP contribution in [0.3, 0.4) is 0 Å². The quantitative estimate of drug-likeness (QED) is 0.290. The highest BCUT2D eigenvalue weighted by molar-refractivity contribution is 7.98. The average molecular weight is 480 g/mol. The molecule has 0 radical (unpaired) electrons. The maximum absolute atomic E-state index is 13.2. The van der Waals surface area contributed by atoms with Crippen molar-refractivity contribution in [1.29, 1.82) is 0 Å². The van der Waals surface area contributed by atoms with Gasteiger partial charge < -0.3 is 14.1 Å². The number of fused-ring (bicyclic) bond motifs is 1. The minimum Gasteiger partial charge on any atom is -0.465 e. The molecular formula is C24H25N5O4S. The van der Waals surface area contributed by atoms with Crippen LogP contribution in [0.1, 0.15) is 49.2 Å². The molecule has 0 saturated heterocycles. The number of hydrogen-bond acceptors (Lipinski definition) is 8. The number of methoxy groups -OCH3 is 1. The van der Waals surface area contributed by atoms with E-state index in [1.807, 2.05) is 38.1 Å². The Bertz CT molecular complexity index is 1380. The monoisotopic (exact) mass is 479 g/mol. The number of thioether (sulfide) groups is 1. The zero-order valence-corrected chi connectivity index (χ0v) is 20.5. The molecule has 0 aliphatic rings. The summed E-state index contributed by atoms with van der Waals surface area (Å²) in [4.78, 5) is 35.5. The molecule has 0 aliphatic heterocycles. The van der Waals surface area contributed by atoms with Gasteiger partial charge in [0.2, 0.25) is 5.16 Å². The van der Waals surface area contributed by atoms with Gasteiger partial charge in [-0.15, -0.1) is 5.10 Å². The van der Waals surface area contributed by atoms with E-state index < -0.39 is 5.97 Å². The highest BCUT2D eigenvalue weighted by Gasteiger charge is 2.20. The Hall–Kier alpha value is -3.66. The predicted octanol–water partition coefficient (Wildman–Crippen LogP) is 3.99. The Morgan fingerprint density at radius 3 is 2.65 bits per heavy atom. The summed E-state index contributed by atoms with van der Waals surface area (Å²) in [6.45, 7) is 5.79. The molecule has 10 heteroatoms. The third kappa shape index (κ3) is 4.81. The van der Waals surface area contributed by atoms with Gasteiger partial charge in [-0.05, 0) is 44.5 Å². The van der Waals surface area contributed by atoms with E-state index >= 15 is 0 Å². The van der Waals surface area contributed by atoms with Gasteiger partial charge in [0, 0.05) is 29.8 Å². The number of carbonyl (C=O) groups excluding carboxylic acids is 2. The number of aromatic nitrogens is 4. The summed E-state index contributed by atoms with van der Waals surface area (Å²) >= 11 is 1.45. The summed E-state index contributed by atoms with van der Waals surface area (Å²) in [6, 6.07) is 11.0. The number of carbonyl (C=O) groups is 2. The number of furan rings is 1. The van der Waals surface area contributed by atoms with Crippen molar-refractivity contribution >= 4 is 29.4 Å². The molecule has 4 aromatic rings. The molecule has 176 valence electrons. The molecule has 0 saturated carbocycles. The fourth-order valence-electron chi connectivity index (χ4n) is 3.65. The number of amides is 1. The average Bonchev–Trinajstić information content (AvgIpc) is 3.39. The van der Waals surface area contributed by atoms with E-state index in [-0.39, 0.29) is 12.5 Å². The van der Waals surface area contributed by atoms with Crippen molar-refractivity contribution in [2.75, 3.05) is 14.2 Å². The summed E-state index contributed by atoms with van der Waals surface area (Å²) in [5.74, 6) is 1.43. The Labute approximate surface area is 201 Å². The first-order valence-corrected chi connectivity index (χ1v) is 11.6. The van der Waals surface area contributed by atoms with Crippen molar-refractivity contribution < 1.29 is 18.7 Å². The number of aryl methyl sites for hydroxylation is 3. The minimum atomic E-state index is -0.468. The smallest absolute Gasteiger partial charge is 0.341 e. The van der Waals surface area contributed by atoms with E-state index in [2.05, 4.69) is 15.1 Å². The maximum atomic E-state index is 13.2. The van der Waals surface area contributed by atoms with Crippen LogP contribution >= 0.6 is 11.8 Å². The molecule has 3 heterocycles. The zero-order valence-electron chi connectivity index (χ0n) is 19.7. The summed E-state index contributed by atoms with van der Waals surface area (Å²) in [7, 11) is 3.02. The zero-order chi connectivity index (χ0) is 24.4. The fraction of sp³-hybridized carbons (Fsp3) is 0.292. The molecule has 34 heavy (non-hydrogen) atoms. The van der Waals surface area contributed by atoms with Crippen LogP contribution in [0.4, 0.5) is 0 Å². The van der Waals surface area contributed by atoms with Crippen molar-refractivity contribution in [3.8, 4) is 0 Å². The lowest BCUT2D eigenvalue weighted by Crippen LogP contribution is -2.27. The molecule has 1 amide bonds. The van der Waals surface area contributed by atoms with Crippen LogP contribution in [0.15, 0.2) is 46.0 Å². The molecule has 0 fully saturated rings. The van der Waals surface area contributed by atoms with Crippen molar-refractivity contribution in [3.05, 3.63) is 76.0 Å². The van der Waals surface area contributed by atoms with Crippen LogP contribution in [0.2, 0.25) is 0 Å². The van der Waals surface area contributed by atoms with E-state index in [4.69, 9.17) is 9.15 Å². The summed E-state index contributed by atoms with van der Waals surface area (Å²) in [5.41, 5.74) is 3.66. The molecule has 4 rings (SSSR count). The topological polar surface area (TPSA) is 103 Å². The van der Waals surface area contributed by atoms with Gasteiger partial charge >= 0.3 is 5.97 Å². The first-order valence-electron chi connectivity index (χ1n) is 10.6. The molecule has 0 spiro atoms. The highest BCUT2D eigenvalue weighted by atomic mass is 32.2. The van der Waals surface area contributed by atoms with Gasteiger partial charge in [-0.3, -0.25) is 4.79 Å². The van der Waals surface area contributed by atoms with E-state index in [9.17, 15) is 9.59 Å². The van der Waals surface area contributed by atoms with Crippen molar-refractivity contribution in [1.82, 2.24) is 24.5 Å². The highest BCUT2D eigenvalue weighted by Crippen LogP contribution is 2.24. The summed E-state index contributed by atoms with van der Waals surface area (Å²) in [5, 5.41) is 5.12. The number of esters is 1. The summed E-state index contributed by atoms with van der Waals surface area (Å²) in [6.07, 6.45) is 0. The van der Waals surface area contributed by atoms with Gasteiger partial charge in [-0.2, -0.15) is 4.98 Å². The molecule has 0 unspecified atom stereocenters. The lowest BCUT2D eigenvalue weighted by Gasteiger charge is -2.17. The normalized spacial score (nSPS) is 11.1. The van der Waals surface area contributed by atoms with E-state index in [0.717, 1.165) is 17.0 Å². The van der Waals surface area contributed by atoms with Gasteiger partial charge in [-0.1, -0.05) is 30.0 Å². The minimum absolute atomic E-state index is 0.152. The molecule has 0 atom stereocenters. The number of hydrogen-bond donors (Lipinski definition) is 0. The number of nitrogens with zero attached hydrogens (tertiary/aromatic N) is 5. The third-order valence-electron chi connectivity index (χ3n) is 5.32. The first-order chi connectivity index (χ1) is 16.3. The lowest BCUT2D eigenvalue weighted by atomic mass is 10.1. The van der Waals surface area contributed by atoms with Gasteiger partial charge in [0.15, 0.2) is 0 Å². The number of ether oxygens (including phenoxy) is 1. The van der Waals surface area contributed by atoms with E-state index in [0.29, 0.717) is 39.3 Å². The van der Waals surface area contributed by atoms with Crippen molar-refractivity contribution in [2.24, 2.45) is 0 Å². The first kappa shape index (κ1) is 23.5. The Morgan fingerprint density at radius 1 is 1.12 bits per heavy atom.